The van der Waals surface area contributed by atoms with E-state index in [1.807, 2.05) is 0 Å². The molecule has 0 amide bonds. The van der Waals surface area contributed by atoms with Gasteiger partial charge in [-0.15, -0.1) is 0 Å². The summed E-state index contributed by atoms with van der Waals surface area (Å²) in [4.78, 5) is 2.60. The normalized spacial score (nSPS) is 18.2. The van der Waals surface area contributed by atoms with Crippen LogP contribution in [0.3, 0.4) is 0 Å². The Morgan fingerprint density at radius 3 is 2.17 bits per heavy atom. The Morgan fingerprint density at radius 1 is 1.11 bits per heavy atom. The van der Waals surface area contributed by atoms with Crippen LogP contribution in [0.25, 0.3) is 0 Å². The molecule has 100 valence electrons. The first-order valence-corrected chi connectivity index (χ1v) is 7.06. The summed E-state index contributed by atoms with van der Waals surface area (Å²) in [5.74, 6) is 0. The Morgan fingerprint density at radius 2 is 1.67 bits per heavy atom. The number of nitrogens with one attached hydrogen (secondary N) is 1. The van der Waals surface area contributed by atoms with Crippen LogP contribution in [0.5, 0.6) is 0 Å². The van der Waals surface area contributed by atoms with Gasteiger partial charge in [0.05, 0.1) is 0 Å². The number of aryl methyl sites for hydroxylation is 3. The van der Waals surface area contributed by atoms with Gasteiger partial charge in [-0.05, 0) is 70.4 Å². The van der Waals surface area contributed by atoms with Crippen LogP contribution in [-0.2, 0) is 6.54 Å². The maximum atomic E-state index is 3.39. The average Bonchev–Trinajstić information content (AvgIpc) is 2.34. The predicted octanol–water partition coefficient (Wildman–Crippen LogP) is 2.80. The highest BCUT2D eigenvalue weighted by molar-refractivity contribution is 5.37. The molecule has 1 N–H and O–H groups in total. The number of nitrogens with zero attached hydrogens (tertiary/aromatic N) is 1. The van der Waals surface area contributed by atoms with Crippen molar-refractivity contribution < 1.29 is 0 Å². The van der Waals surface area contributed by atoms with Crippen molar-refractivity contribution in [3.63, 3.8) is 0 Å². The quantitative estimate of drug-likeness (QED) is 0.882. The number of benzene rings is 1. The molecule has 1 saturated heterocycles. The van der Waals surface area contributed by atoms with E-state index in [-0.39, 0.29) is 0 Å². The Hall–Kier alpha value is -0.860. The minimum atomic E-state index is 0.724. The minimum absolute atomic E-state index is 0.724. The van der Waals surface area contributed by atoms with Crippen LogP contribution in [0.4, 0.5) is 0 Å². The van der Waals surface area contributed by atoms with Crippen LogP contribution < -0.4 is 5.32 Å². The van der Waals surface area contributed by atoms with Crippen LogP contribution in [0, 0.1) is 20.8 Å². The summed E-state index contributed by atoms with van der Waals surface area (Å²) in [6.45, 7) is 10.2. The Bertz CT molecular complexity index is 381. The Labute approximate surface area is 111 Å². The summed E-state index contributed by atoms with van der Waals surface area (Å²) >= 11 is 0. The van der Waals surface area contributed by atoms with E-state index in [0.29, 0.717) is 0 Å². The summed E-state index contributed by atoms with van der Waals surface area (Å²) in [6.07, 6.45) is 2.56. The molecule has 0 aliphatic carbocycles. The molecule has 0 unspecified atom stereocenters. The Balaban J connectivity index is 2.02. The van der Waals surface area contributed by atoms with Gasteiger partial charge in [0.2, 0.25) is 0 Å². The van der Waals surface area contributed by atoms with Gasteiger partial charge in [-0.25, -0.2) is 0 Å². The lowest BCUT2D eigenvalue weighted by Gasteiger charge is -2.32. The summed E-state index contributed by atoms with van der Waals surface area (Å²) in [5.41, 5.74) is 5.80. The fraction of sp³-hybridized carbons (Fsp3) is 0.625. The number of hydrogen-bond acceptors (Lipinski definition) is 2. The van der Waals surface area contributed by atoms with E-state index in [0.717, 1.165) is 12.6 Å². The SMILES string of the molecule is CNC1CCN(Cc2c(C)cc(C)cc2C)CC1. The van der Waals surface area contributed by atoms with Crippen molar-refractivity contribution in [2.45, 2.75) is 46.2 Å². The molecule has 1 fully saturated rings. The van der Waals surface area contributed by atoms with E-state index >= 15 is 0 Å². The highest BCUT2D eigenvalue weighted by Gasteiger charge is 2.18. The third-order valence-corrected chi connectivity index (χ3v) is 4.22. The van der Waals surface area contributed by atoms with Gasteiger partial charge in [-0.1, -0.05) is 17.7 Å². The van der Waals surface area contributed by atoms with Crippen LogP contribution in [0.2, 0.25) is 0 Å². The molecule has 2 heteroatoms. The molecule has 1 aliphatic rings. The van der Waals surface area contributed by atoms with E-state index in [9.17, 15) is 0 Å². The van der Waals surface area contributed by atoms with Gasteiger partial charge < -0.3 is 5.32 Å². The van der Waals surface area contributed by atoms with Crippen molar-refractivity contribution in [3.8, 4) is 0 Å². The van der Waals surface area contributed by atoms with Crippen molar-refractivity contribution in [2.24, 2.45) is 0 Å². The van der Waals surface area contributed by atoms with E-state index < -0.39 is 0 Å². The number of hydrogen-bond donors (Lipinski definition) is 1. The minimum Gasteiger partial charge on any atom is -0.317 e. The number of likely N-dealkylation sites (tertiary alicyclic amines) is 1. The molecular formula is C16H26N2. The molecule has 1 aromatic carbocycles. The summed E-state index contributed by atoms with van der Waals surface area (Å²) < 4.78 is 0. The van der Waals surface area contributed by atoms with E-state index in [4.69, 9.17) is 0 Å². The molecule has 1 aromatic rings. The summed E-state index contributed by atoms with van der Waals surface area (Å²) in [6, 6.07) is 5.34. The van der Waals surface area contributed by atoms with Crippen molar-refractivity contribution >= 4 is 0 Å². The molecule has 0 aromatic heterocycles. The van der Waals surface area contributed by atoms with Crippen LogP contribution in [0.15, 0.2) is 12.1 Å². The second-order valence-electron chi connectivity index (χ2n) is 5.72. The average molecular weight is 246 g/mol. The second kappa shape index (κ2) is 5.85. The topological polar surface area (TPSA) is 15.3 Å². The standard InChI is InChI=1S/C16H26N2/c1-12-9-13(2)16(14(3)10-12)11-18-7-5-15(17-4)6-8-18/h9-10,15,17H,5-8,11H2,1-4H3. The van der Waals surface area contributed by atoms with Gasteiger partial charge in [0, 0.05) is 12.6 Å². The fourth-order valence-electron chi connectivity index (χ4n) is 3.06. The Kier molecular flexibility index (Phi) is 4.41. The number of piperidine rings is 1. The second-order valence-corrected chi connectivity index (χ2v) is 5.72. The highest BCUT2D eigenvalue weighted by Crippen LogP contribution is 2.20. The summed E-state index contributed by atoms with van der Waals surface area (Å²) in [5, 5.41) is 3.39. The lowest BCUT2D eigenvalue weighted by Crippen LogP contribution is -2.40. The fourth-order valence-corrected chi connectivity index (χ4v) is 3.06. The zero-order valence-corrected chi connectivity index (χ0v) is 12.2. The zero-order valence-electron chi connectivity index (χ0n) is 12.2. The predicted molar refractivity (Wildman–Crippen MR) is 78.0 cm³/mol. The van der Waals surface area contributed by atoms with Crippen LogP contribution in [-0.4, -0.2) is 31.1 Å². The monoisotopic (exact) mass is 246 g/mol. The van der Waals surface area contributed by atoms with Crippen LogP contribution in [0.1, 0.15) is 35.1 Å². The highest BCUT2D eigenvalue weighted by atomic mass is 15.1. The van der Waals surface area contributed by atoms with E-state index in [1.54, 1.807) is 0 Å². The van der Waals surface area contributed by atoms with Gasteiger partial charge in [-0.2, -0.15) is 0 Å². The molecule has 1 aliphatic heterocycles. The van der Waals surface area contributed by atoms with Gasteiger partial charge in [-0.3, -0.25) is 4.90 Å². The van der Waals surface area contributed by atoms with Crippen molar-refractivity contribution in [3.05, 3.63) is 34.4 Å². The van der Waals surface area contributed by atoms with Crippen molar-refractivity contribution in [1.29, 1.82) is 0 Å². The first-order valence-electron chi connectivity index (χ1n) is 7.06. The van der Waals surface area contributed by atoms with Gasteiger partial charge >= 0.3 is 0 Å². The maximum Gasteiger partial charge on any atom is 0.0239 e. The smallest absolute Gasteiger partial charge is 0.0239 e. The van der Waals surface area contributed by atoms with Crippen molar-refractivity contribution in [2.75, 3.05) is 20.1 Å². The molecule has 18 heavy (non-hydrogen) atoms. The molecule has 2 rings (SSSR count). The molecule has 0 atom stereocenters. The zero-order chi connectivity index (χ0) is 13.1. The van der Waals surface area contributed by atoms with E-state index in [2.05, 4.69) is 50.2 Å². The first-order chi connectivity index (χ1) is 8.60. The number of rotatable bonds is 3. The molecule has 1 heterocycles. The molecule has 2 nitrogen and oxygen atoms in total. The third-order valence-electron chi connectivity index (χ3n) is 4.22. The largest absolute Gasteiger partial charge is 0.317 e. The van der Waals surface area contributed by atoms with E-state index in [1.165, 1.54) is 48.2 Å². The van der Waals surface area contributed by atoms with Gasteiger partial charge in [0.25, 0.3) is 0 Å². The third kappa shape index (κ3) is 3.12. The molecule has 0 bridgehead atoms. The lowest BCUT2D eigenvalue weighted by atomic mass is 9.98. The van der Waals surface area contributed by atoms with Gasteiger partial charge in [0.15, 0.2) is 0 Å². The van der Waals surface area contributed by atoms with Gasteiger partial charge in [0.1, 0.15) is 0 Å². The maximum absolute atomic E-state index is 3.39. The van der Waals surface area contributed by atoms with Crippen LogP contribution >= 0.6 is 0 Å². The molecular weight excluding hydrogens is 220 g/mol. The van der Waals surface area contributed by atoms with Crippen molar-refractivity contribution in [1.82, 2.24) is 10.2 Å². The molecule has 0 radical (unpaired) electrons. The lowest BCUT2D eigenvalue weighted by molar-refractivity contribution is 0.194. The molecule has 0 spiro atoms. The first kappa shape index (κ1) is 13.6. The summed E-state index contributed by atoms with van der Waals surface area (Å²) in [7, 11) is 2.08. The molecule has 0 saturated carbocycles.